The maximum absolute atomic E-state index is 2.41. The molecule has 0 aliphatic rings. The van der Waals surface area contributed by atoms with Crippen LogP contribution in [0.2, 0.25) is 0 Å². The fraction of sp³-hybridized carbons (Fsp3) is 1.00. The average molecular weight is 299 g/mol. The van der Waals surface area contributed by atoms with Crippen LogP contribution >= 0.6 is 0 Å². The molecule has 0 N–H and O–H groups in total. The van der Waals surface area contributed by atoms with E-state index in [1.807, 2.05) is 0 Å². The highest BCUT2D eigenvalue weighted by Crippen LogP contribution is 2.47. The minimum atomic E-state index is 0.384. The Hall–Kier alpha value is 0. The minimum absolute atomic E-state index is 0.384. The molecule has 0 saturated carbocycles. The second-order valence-corrected chi connectivity index (χ2v) is 10.4. The molecule has 0 rings (SSSR count). The van der Waals surface area contributed by atoms with Crippen molar-refractivity contribution in [2.45, 2.75) is 96.9 Å². The summed E-state index contributed by atoms with van der Waals surface area (Å²) < 4.78 is 0. The lowest BCUT2D eigenvalue weighted by atomic mass is 9.58. The standard InChI is InChI=1S/C14H30.C7H16/c1-10(2)11(3)12(4)14(8,9)13(5,6)7;1-6(2)7(3,4)5/h10-12H,1-9H3;6H,1-5H3. The summed E-state index contributed by atoms with van der Waals surface area (Å²) in [6.45, 7) is 32.7. The van der Waals surface area contributed by atoms with Gasteiger partial charge in [0.15, 0.2) is 0 Å². The third-order valence-electron chi connectivity index (χ3n) is 6.64. The molecule has 0 heterocycles. The van der Waals surface area contributed by atoms with Crippen LogP contribution in [0, 0.1) is 39.9 Å². The molecule has 0 aliphatic carbocycles. The van der Waals surface area contributed by atoms with E-state index in [0.29, 0.717) is 16.2 Å². The highest BCUT2D eigenvalue weighted by atomic mass is 14.4. The molecular formula is C21H46. The molecule has 2 unspecified atom stereocenters. The van der Waals surface area contributed by atoms with E-state index in [4.69, 9.17) is 0 Å². The van der Waals surface area contributed by atoms with Gasteiger partial charge < -0.3 is 0 Å². The molecule has 0 aliphatic heterocycles. The summed E-state index contributed by atoms with van der Waals surface area (Å²) in [6.07, 6.45) is 0. The van der Waals surface area contributed by atoms with Gasteiger partial charge in [-0.25, -0.2) is 0 Å². The van der Waals surface area contributed by atoms with Crippen molar-refractivity contribution in [1.82, 2.24) is 0 Å². The van der Waals surface area contributed by atoms with Crippen molar-refractivity contribution in [1.29, 1.82) is 0 Å². The zero-order valence-corrected chi connectivity index (χ0v) is 17.8. The Morgan fingerprint density at radius 2 is 0.857 bits per heavy atom. The van der Waals surface area contributed by atoms with Crippen molar-refractivity contribution in [2.24, 2.45) is 39.9 Å². The van der Waals surface area contributed by atoms with E-state index in [9.17, 15) is 0 Å². The summed E-state index contributed by atoms with van der Waals surface area (Å²) in [7, 11) is 0. The highest BCUT2D eigenvalue weighted by Gasteiger charge is 2.40. The molecule has 0 spiro atoms. The Morgan fingerprint density at radius 1 is 0.571 bits per heavy atom. The van der Waals surface area contributed by atoms with Crippen LogP contribution in [-0.2, 0) is 0 Å². The summed E-state index contributed by atoms with van der Waals surface area (Å²) in [4.78, 5) is 0. The summed E-state index contributed by atoms with van der Waals surface area (Å²) in [6, 6.07) is 0. The number of hydrogen-bond donors (Lipinski definition) is 0. The van der Waals surface area contributed by atoms with Gasteiger partial charge in [-0.3, -0.25) is 0 Å². The van der Waals surface area contributed by atoms with Gasteiger partial charge in [0.2, 0.25) is 0 Å². The van der Waals surface area contributed by atoms with Crippen molar-refractivity contribution < 1.29 is 0 Å². The fourth-order valence-electron chi connectivity index (χ4n) is 1.92. The monoisotopic (exact) mass is 298 g/mol. The SMILES string of the molecule is CC(C)C(C)(C)C.CC(C)C(C)C(C)C(C)(C)C(C)(C)C. The summed E-state index contributed by atoms with van der Waals surface area (Å²) >= 11 is 0. The van der Waals surface area contributed by atoms with E-state index in [-0.39, 0.29) is 0 Å². The summed E-state index contributed by atoms with van der Waals surface area (Å²) in [5, 5.41) is 0. The maximum Gasteiger partial charge on any atom is -0.0277 e. The molecular weight excluding hydrogens is 252 g/mol. The first-order valence-electron chi connectivity index (χ1n) is 8.96. The fourth-order valence-corrected chi connectivity index (χ4v) is 1.92. The molecule has 21 heavy (non-hydrogen) atoms. The van der Waals surface area contributed by atoms with Gasteiger partial charge in [0.25, 0.3) is 0 Å². The first-order chi connectivity index (χ1) is 8.96. The Labute approximate surface area is 137 Å². The molecule has 0 bridgehead atoms. The quantitative estimate of drug-likeness (QED) is 0.501. The van der Waals surface area contributed by atoms with E-state index >= 15 is 0 Å². The van der Waals surface area contributed by atoms with Gasteiger partial charge in [-0.2, -0.15) is 0 Å². The molecule has 130 valence electrons. The molecule has 0 amide bonds. The smallest absolute Gasteiger partial charge is 0.0277 e. The van der Waals surface area contributed by atoms with Crippen LogP contribution < -0.4 is 0 Å². The van der Waals surface area contributed by atoms with E-state index in [2.05, 4.69) is 96.9 Å². The van der Waals surface area contributed by atoms with Crippen molar-refractivity contribution in [3.63, 3.8) is 0 Å². The molecule has 0 aromatic carbocycles. The number of rotatable bonds is 3. The topological polar surface area (TPSA) is 0 Å². The van der Waals surface area contributed by atoms with Crippen molar-refractivity contribution in [3.05, 3.63) is 0 Å². The van der Waals surface area contributed by atoms with Gasteiger partial charge >= 0.3 is 0 Å². The zero-order chi connectivity index (χ0) is 17.8. The van der Waals surface area contributed by atoms with Gasteiger partial charge in [-0.1, -0.05) is 96.9 Å². The van der Waals surface area contributed by atoms with Crippen LogP contribution in [0.4, 0.5) is 0 Å². The molecule has 0 aromatic heterocycles. The number of hydrogen-bond acceptors (Lipinski definition) is 0. The predicted molar refractivity (Wildman–Crippen MR) is 101 cm³/mol. The predicted octanol–water partition coefficient (Wildman–Crippen LogP) is 7.68. The molecule has 0 fully saturated rings. The Bertz CT molecular complexity index is 267. The van der Waals surface area contributed by atoms with Gasteiger partial charge in [-0.05, 0) is 39.9 Å². The van der Waals surface area contributed by atoms with Crippen molar-refractivity contribution in [3.8, 4) is 0 Å². The Morgan fingerprint density at radius 3 is 1.00 bits per heavy atom. The van der Waals surface area contributed by atoms with Crippen LogP contribution in [0.3, 0.4) is 0 Å². The lowest BCUT2D eigenvalue weighted by molar-refractivity contribution is 0.0221. The van der Waals surface area contributed by atoms with Crippen LogP contribution in [0.5, 0.6) is 0 Å². The Balaban J connectivity index is 0. The summed E-state index contributed by atoms with van der Waals surface area (Å²) in [5.74, 6) is 3.14. The average Bonchev–Trinajstić information content (AvgIpc) is 2.24. The van der Waals surface area contributed by atoms with Gasteiger partial charge in [-0.15, -0.1) is 0 Å². The van der Waals surface area contributed by atoms with E-state index in [1.54, 1.807) is 0 Å². The molecule has 0 aromatic rings. The van der Waals surface area contributed by atoms with Gasteiger partial charge in [0, 0.05) is 0 Å². The molecule has 0 saturated heterocycles. The first-order valence-corrected chi connectivity index (χ1v) is 8.96. The van der Waals surface area contributed by atoms with Crippen LogP contribution in [0.1, 0.15) is 96.9 Å². The molecule has 0 nitrogen and oxygen atoms in total. The molecule has 0 radical (unpaired) electrons. The van der Waals surface area contributed by atoms with E-state index in [1.165, 1.54) is 0 Å². The largest absolute Gasteiger partial charge is 0.0625 e. The lowest BCUT2D eigenvalue weighted by Crippen LogP contribution is -2.39. The second kappa shape index (κ2) is 8.02. The normalized spacial score (nSPS) is 16.6. The first kappa shape index (κ1) is 23.3. The van der Waals surface area contributed by atoms with Crippen LogP contribution in [0.25, 0.3) is 0 Å². The van der Waals surface area contributed by atoms with Crippen molar-refractivity contribution in [2.75, 3.05) is 0 Å². The van der Waals surface area contributed by atoms with Crippen LogP contribution in [0.15, 0.2) is 0 Å². The summed E-state index contributed by atoms with van der Waals surface area (Å²) in [5.41, 5.74) is 1.28. The second-order valence-electron chi connectivity index (χ2n) is 10.4. The zero-order valence-electron chi connectivity index (χ0n) is 17.8. The van der Waals surface area contributed by atoms with Crippen LogP contribution in [-0.4, -0.2) is 0 Å². The Kier molecular flexibility index (Phi) is 8.89. The molecule has 0 heteroatoms. The maximum atomic E-state index is 2.41. The van der Waals surface area contributed by atoms with Crippen molar-refractivity contribution >= 4 is 0 Å². The van der Waals surface area contributed by atoms with E-state index in [0.717, 1.165) is 23.7 Å². The van der Waals surface area contributed by atoms with Gasteiger partial charge in [0.05, 0.1) is 0 Å². The van der Waals surface area contributed by atoms with Gasteiger partial charge in [0.1, 0.15) is 0 Å². The minimum Gasteiger partial charge on any atom is -0.0625 e. The third kappa shape index (κ3) is 7.71. The highest BCUT2D eigenvalue weighted by molar-refractivity contribution is 4.89. The van der Waals surface area contributed by atoms with E-state index < -0.39 is 0 Å². The third-order valence-corrected chi connectivity index (χ3v) is 6.64. The lowest BCUT2D eigenvalue weighted by Gasteiger charge is -2.47. The molecule has 2 atom stereocenters.